The Hall–Kier alpha value is -3.41. The Kier molecular flexibility index (Phi) is 5.43. The summed E-state index contributed by atoms with van der Waals surface area (Å²) in [5.74, 6) is 0.753. The fraction of sp³-hybridized carbons (Fsp3) is 0.100. The number of aryl methyl sites for hydroxylation is 1. The quantitative estimate of drug-likeness (QED) is 0.533. The van der Waals surface area contributed by atoms with Gasteiger partial charge in [0, 0.05) is 24.0 Å². The number of anilines is 1. The van der Waals surface area contributed by atoms with E-state index in [9.17, 15) is 4.39 Å². The lowest BCUT2D eigenvalue weighted by Crippen LogP contribution is -2.22. The second-order valence-electron chi connectivity index (χ2n) is 5.76. The highest BCUT2D eigenvalue weighted by molar-refractivity contribution is 5.92. The fourth-order valence-corrected chi connectivity index (χ4v) is 2.22. The molecule has 0 saturated heterocycles. The summed E-state index contributed by atoms with van der Waals surface area (Å²) in [6.45, 7) is 2.41. The molecule has 0 aliphatic carbocycles. The lowest BCUT2D eigenvalue weighted by Gasteiger charge is -2.07. The van der Waals surface area contributed by atoms with Gasteiger partial charge in [-0.1, -0.05) is 29.8 Å². The number of aliphatic imine (C=N–C) groups is 1. The van der Waals surface area contributed by atoms with E-state index < -0.39 is 0 Å². The van der Waals surface area contributed by atoms with E-state index in [1.165, 1.54) is 17.7 Å². The Balaban J connectivity index is 1.57. The maximum atomic E-state index is 13.2. The van der Waals surface area contributed by atoms with Gasteiger partial charge in [-0.3, -0.25) is 0 Å². The van der Waals surface area contributed by atoms with Gasteiger partial charge in [0.05, 0.1) is 6.54 Å². The molecule has 0 unspecified atom stereocenters. The van der Waals surface area contributed by atoms with E-state index in [0.717, 1.165) is 11.3 Å². The number of nitrogens with zero attached hydrogens (tertiary/aromatic N) is 2. The zero-order valence-corrected chi connectivity index (χ0v) is 14.3. The van der Waals surface area contributed by atoms with Crippen LogP contribution in [-0.4, -0.2) is 10.9 Å². The van der Waals surface area contributed by atoms with Crippen LogP contribution in [0.25, 0.3) is 0 Å². The summed E-state index contributed by atoms with van der Waals surface area (Å²) in [4.78, 5) is 8.49. The van der Waals surface area contributed by atoms with Crippen LogP contribution in [0.4, 0.5) is 10.1 Å². The minimum atomic E-state index is -0.356. The van der Waals surface area contributed by atoms with Crippen LogP contribution in [-0.2, 0) is 6.54 Å². The number of pyridine rings is 1. The number of benzene rings is 2. The monoisotopic (exact) mass is 350 g/mol. The largest absolute Gasteiger partial charge is 0.439 e. The van der Waals surface area contributed by atoms with E-state index in [0.29, 0.717) is 24.1 Å². The molecule has 26 heavy (non-hydrogen) atoms. The second-order valence-corrected chi connectivity index (χ2v) is 5.76. The molecule has 0 aliphatic heterocycles. The van der Waals surface area contributed by atoms with E-state index in [4.69, 9.17) is 10.5 Å². The predicted octanol–water partition coefficient (Wildman–Crippen LogP) is 4.25. The second kappa shape index (κ2) is 8.11. The maximum Gasteiger partial charge on any atom is 0.219 e. The summed E-state index contributed by atoms with van der Waals surface area (Å²) < 4.78 is 18.7. The molecule has 0 amide bonds. The first-order chi connectivity index (χ1) is 12.6. The smallest absolute Gasteiger partial charge is 0.219 e. The fourth-order valence-electron chi connectivity index (χ4n) is 2.22. The number of halogens is 1. The first kappa shape index (κ1) is 17.4. The molecule has 6 heteroatoms. The van der Waals surface area contributed by atoms with Gasteiger partial charge >= 0.3 is 0 Å². The Morgan fingerprint density at radius 1 is 1.15 bits per heavy atom. The van der Waals surface area contributed by atoms with Crippen molar-refractivity contribution in [3.05, 3.63) is 83.8 Å². The summed E-state index contributed by atoms with van der Waals surface area (Å²) in [6.07, 6.45) is 1.65. The third-order valence-electron chi connectivity index (χ3n) is 3.57. The van der Waals surface area contributed by atoms with Crippen LogP contribution in [0.3, 0.4) is 0 Å². The number of hydrogen-bond acceptors (Lipinski definition) is 3. The molecule has 0 atom stereocenters. The van der Waals surface area contributed by atoms with E-state index in [-0.39, 0.29) is 5.82 Å². The van der Waals surface area contributed by atoms with Crippen LogP contribution < -0.4 is 15.8 Å². The molecule has 0 spiro atoms. The number of aromatic nitrogens is 1. The van der Waals surface area contributed by atoms with Gasteiger partial charge in [0.1, 0.15) is 11.6 Å². The van der Waals surface area contributed by atoms with Gasteiger partial charge in [-0.2, -0.15) is 0 Å². The number of guanidine groups is 1. The van der Waals surface area contributed by atoms with Crippen LogP contribution in [0.5, 0.6) is 11.6 Å². The molecule has 1 heterocycles. The maximum absolute atomic E-state index is 13.2. The Morgan fingerprint density at radius 3 is 2.65 bits per heavy atom. The average Bonchev–Trinajstić information content (AvgIpc) is 2.63. The standard InChI is InChI=1S/C20H19FN4O/c1-14-5-8-17(9-6-14)25-20(22)24-13-15-7-10-19(23-12-15)26-18-4-2-3-16(21)11-18/h2-12H,13H2,1H3,(H3,22,24,25). The van der Waals surface area contributed by atoms with Crippen LogP contribution in [0.1, 0.15) is 11.1 Å². The molecule has 3 rings (SSSR count). The first-order valence-corrected chi connectivity index (χ1v) is 8.10. The molecule has 0 bridgehead atoms. The number of nitrogens with two attached hydrogens (primary N) is 1. The minimum absolute atomic E-state index is 0.328. The van der Waals surface area contributed by atoms with Crippen molar-refractivity contribution in [2.24, 2.45) is 10.7 Å². The number of hydrogen-bond donors (Lipinski definition) is 2. The average molecular weight is 350 g/mol. The third kappa shape index (κ3) is 5.04. The molecule has 3 N–H and O–H groups in total. The van der Waals surface area contributed by atoms with Crippen LogP contribution in [0, 0.1) is 12.7 Å². The number of ether oxygens (including phenoxy) is 1. The van der Waals surface area contributed by atoms with Crippen molar-refractivity contribution in [2.75, 3.05) is 5.32 Å². The molecule has 132 valence electrons. The highest BCUT2D eigenvalue weighted by atomic mass is 19.1. The van der Waals surface area contributed by atoms with E-state index in [1.807, 2.05) is 37.3 Å². The molecule has 2 aromatic carbocycles. The lowest BCUT2D eigenvalue weighted by atomic mass is 10.2. The Bertz CT molecular complexity index is 892. The molecule has 0 saturated carbocycles. The summed E-state index contributed by atoms with van der Waals surface area (Å²) in [7, 11) is 0. The van der Waals surface area contributed by atoms with Gasteiger partial charge in [-0.25, -0.2) is 14.4 Å². The van der Waals surface area contributed by atoms with Gasteiger partial charge in [0.25, 0.3) is 0 Å². The van der Waals surface area contributed by atoms with Gasteiger partial charge in [0.15, 0.2) is 5.96 Å². The topological polar surface area (TPSA) is 72.5 Å². The Labute approximate surface area is 151 Å². The third-order valence-corrected chi connectivity index (χ3v) is 3.57. The van der Waals surface area contributed by atoms with Crippen LogP contribution in [0.2, 0.25) is 0 Å². The van der Waals surface area contributed by atoms with Crippen molar-refractivity contribution >= 4 is 11.6 Å². The highest BCUT2D eigenvalue weighted by Gasteiger charge is 2.01. The summed E-state index contributed by atoms with van der Waals surface area (Å²) in [6, 6.07) is 17.3. The van der Waals surface area contributed by atoms with Gasteiger partial charge in [0.2, 0.25) is 5.88 Å². The van der Waals surface area contributed by atoms with Gasteiger partial charge < -0.3 is 15.8 Å². The van der Waals surface area contributed by atoms with Crippen LogP contribution in [0.15, 0.2) is 71.9 Å². The van der Waals surface area contributed by atoms with Crippen molar-refractivity contribution in [3.63, 3.8) is 0 Å². The summed E-state index contributed by atoms with van der Waals surface area (Å²) in [5.41, 5.74) is 8.84. The summed E-state index contributed by atoms with van der Waals surface area (Å²) in [5, 5.41) is 3.04. The predicted molar refractivity (Wildman–Crippen MR) is 101 cm³/mol. The molecule has 0 fully saturated rings. The number of nitrogens with one attached hydrogen (secondary N) is 1. The van der Waals surface area contributed by atoms with Crippen molar-refractivity contribution in [1.29, 1.82) is 0 Å². The zero-order chi connectivity index (χ0) is 18.4. The Morgan fingerprint density at radius 2 is 1.96 bits per heavy atom. The minimum Gasteiger partial charge on any atom is -0.439 e. The first-order valence-electron chi connectivity index (χ1n) is 8.10. The molecular weight excluding hydrogens is 331 g/mol. The molecular formula is C20H19FN4O. The van der Waals surface area contributed by atoms with Crippen LogP contribution >= 0.6 is 0 Å². The van der Waals surface area contributed by atoms with Crippen molar-refractivity contribution in [3.8, 4) is 11.6 Å². The molecule has 5 nitrogen and oxygen atoms in total. The van der Waals surface area contributed by atoms with E-state index in [1.54, 1.807) is 24.4 Å². The van der Waals surface area contributed by atoms with E-state index >= 15 is 0 Å². The molecule has 0 aliphatic rings. The summed E-state index contributed by atoms with van der Waals surface area (Å²) >= 11 is 0. The van der Waals surface area contributed by atoms with Crippen molar-refractivity contribution in [2.45, 2.75) is 13.5 Å². The highest BCUT2D eigenvalue weighted by Crippen LogP contribution is 2.20. The van der Waals surface area contributed by atoms with Gasteiger partial charge in [-0.05, 0) is 36.8 Å². The lowest BCUT2D eigenvalue weighted by molar-refractivity contribution is 0.457. The van der Waals surface area contributed by atoms with Crippen molar-refractivity contribution < 1.29 is 9.13 Å². The normalized spacial score (nSPS) is 11.2. The van der Waals surface area contributed by atoms with Crippen molar-refractivity contribution in [1.82, 2.24) is 4.98 Å². The SMILES string of the molecule is Cc1ccc(NC(N)=NCc2ccc(Oc3cccc(F)c3)nc2)cc1. The zero-order valence-electron chi connectivity index (χ0n) is 14.3. The van der Waals surface area contributed by atoms with Gasteiger partial charge in [-0.15, -0.1) is 0 Å². The number of rotatable bonds is 5. The molecule has 3 aromatic rings. The molecule has 1 aromatic heterocycles. The van der Waals surface area contributed by atoms with E-state index in [2.05, 4.69) is 15.3 Å². The molecule has 0 radical (unpaired) electrons.